The molecule has 0 spiro atoms. The van der Waals surface area contributed by atoms with Crippen LogP contribution >= 0.6 is 0 Å². The largest absolute Gasteiger partial charge is 0.480 e. The number of nitrogens with zero attached hydrogens (tertiary/aromatic N) is 1. The summed E-state index contributed by atoms with van der Waals surface area (Å²) in [5, 5.41) is 9.10. The number of aliphatic carboxylic acids is 1. The average Bonchev–Trinajstić information content (AvgIpc) is 2.98. The number of carboxylic acids is 1. The Hall–Kier alpha value is -2.15. The topological polar surface area (TPSA) is 76.1 Å². The molecule has 124 valence electrons. The maximum atomic E-state index is 13.7. The molecule has 1 aromatic carbocycles. The van der Waals surface area contributed by atoms with Crippen LogP contribution in [0.3, 0.4) is 0 Å². The minimum absolute atomic E-state index is 0.0908. The summed E-state index contributed by atoms with van der Waals surface area (Å²) in [6, 6.07) is 4.36. The summed E-state index contributed by atoms with van der Waals surface area (Å²) in [6.07, 6.45) is 0.565. The molecule has 1 saturated heterocycles. The van der Waals surface area contributed by atoms with E-state index in [2.05, 4.69) is 0 Å². The summed E-state index contributed by atoms with van der Waals surface area (Å²) in [7, 11) is 0. The molecular weight excluding hydrogens is 305 g/mol. The predicted octanol–water partition coefficient (Wildman–Crippen LogP) is 1.22. The number of halogens is 1. The number of carboxylic acid groups (broad SMARTS) is 1. The highest BCUT2D eigenvalue weighted by Gasteiger charge is 2.37. The van der Waals surface area contributed by atoms with Crippen LogP contribution in [0.5, 0.6) is 5.75 Å². The summed E-state index contributed by atoms with van der Waals surface area (Å²) in [5.41, 5.74) is 0.630. The number of hydrogen-bond donors (Lipinski definition) is 1. The number of carbonyl (C=O) groups excluding carboxylic acids is 1. The molecule has 0 bridgehead atoms. The monoisotopic (exact) mass is 323 g/mol. The van der Waals surface area contributed by atoms with Crippen molar-refractivity contribution in [3.63, 3.8) is 0 Å². The first-order valence-electron chi connectivity index (χ1n) is 7.60. The van der Waals surface area contributed by atoms with E-state index in [4.69, 9.17) is 14.6 Å². The van der Waals surface area contributed by atoms with E-state index in [-0.39, 0.29) is 24.8 Å². The second kappa shape index (κ2) is 6.54. The molecule has 7 heteroatoms. The normalized spacial score (nSPS) is 20.7. The van der Waals surface area contributed by atoms with E-state index >= 15 is 0 Å². The van der Waals surface area contributed by atoms with Gasteiger partial charge >= 0.3 is 5.97 Å². The van der Waals surface area contributed by atoms with E-state index in [0.717, 1.165) is 0 Å². The van der Waals surface area contributed by atoms with Crippen molar-refractivity contribution in [2.45, 2.75) is 31.4 Å². The van der Waals surface area contributed by atoms with Crippen LogP contribution in [-0.4, -0.2) is 53.8 Å². The van der Waals surface area contributed by atoms with Crippen molar-refractivity contribution in [2.24, 2.45) is 0 Å². The lowest BCUT2D eigenvalue weighted by molar-refractivity contribution is -0.151. The third-order valence-corrected chi connectivity index (χ3v) is 4.21. The van der Waals surface area contributed by atoms with Crippen molar-refractivity contribution in [1.82, 2.24) is 4.90 Å². The van der Waals surface area contributed by atoms with Crippen LogP contribution in [0.1, 0.15) is 18.4 Å². The number of rotatable bonds is 4. The Morgan fingerprint density at radius 2 is 2.04 bits per heavy atom. The van der Waals surface area contributed by atoms with Crippen LogP contribution in [0.25, 0.3) is 0 Å². The molecule has 2 heterocycles. The molecule has 0 aliphatic carbocycles. The van der Waals surface area contributed by atoms with Crippen molar-refractivity contribution in [1.29, 1.82) is 0 Å². The van der Waals surface area contributed by atoms with Gasteiger partial charge in [0.25, 0.3) is 5.91 Å². The van der Waals surface area contributed by atoms with E-state index in [1.807, 2.05) is 0 Å². The number of benzene rings is 1. The zero-order valence-corrected chi connectivity index (χ0v) is 12.5. The smallest absolute Gasteiger partial charge is 0.323 e. The second-order valence-corrected chi connectivity index (χ2v) is 5.74. The molecule has 0 aromatic heterocycles. The molecule has 0 radical (unpaired) electrons. The van der Waals surface area contributed by atoms with Gasteiger partial charge in [0.15, 0.2) is 17.7 Å². The number of amides is 1. The highest BCUT2D eigenvalue weighted by atomic mass is 19.1. The molecule has 6 nitrogen and oxygen atoms in total. The summed E-state index contributed by atoms with van der Waals surface area (Å²) in [4.78, 5) is 25.2. The van der Waals surface area contributed by atoms with Gasteiger partial charge in [-0.3, -0.25) is 9.59 Å². The van der Waals surface area contributed by atoms with Gasteiger partial charge in [0.05, 0.1) is 0 Å². The van der Waals surface area contributed by atoms with E-state index in [1.165, 1.54) is 11.0 Å². The van der Waals surface area contributed by atoms with Crippen LogP contribution in [0.15, 0.2) is 18.2 Å². The molecule has 1 atom stereocenters. The third-order valence-electron chi connectivity index (χ3n) is 4.21. The summed E-state index contributed by atoms with van der Waals surface area (Å²) < 4.78 is 24.5. The van der Waals surface area contributed by atoms with E-state index < -0.39 is 23.8 Å². The first-order valence-corrected chi connectivity index (χ1v) is 7.60. The third kappa shape index (κ3) is 3.29. The molecule has 2 aliphatic rings. The van der Waals surface area contributed by atoms with Crippen molar-refractivity contribution in [3.05, 3.63) is 29.6 Å². The fourth-order valence-electron chi connectivity index (χ4n) is 3.08. The van der Waals surface area contributed by atoms with Gasteiger partial charge in [-0.25, -0.2) is 4.39 Å². The van der Waals surface area contributed by atoms with Gasteiger partial charge in [-0.1, -0.05) is 12.1 Å². The Kier molecular flexibility index (Phi) is 4.47. The van der Waals surface area contributed by atoms with Gasteiger partial charge in [0.1, 0.15) is 6.54 Å². The van der Waals surface area contributed by atoms with Gasteiger partial charge in [0.2, 0.25) is 0 Å². The SMILES string of the molecule is O=C(O)CN(C(=O)[C@@H]1Cc2cccc(F)c2O1)C1CCOCC1. The lowest BCUT2D eigenvalue weighted by Gasteiger charge is -2.34. The number of ether oxygens (including phenoxy) is 2. The fraction of sp³-hybridized carbons (Fsp3) is 0.500. The molecular formula is C16H18FNO5. The summed E-state index contributed by atoms with van der Waals surface area (Å²) in [6.45, 7) is 0.602. The van der Waals surface area contributed by atoms with Crippen molar-refractivity contribution < 1.29 is 28.6 Å². The van der Waals surface area contributed by atoms with Crippen molar-refractivity contribution >= 4 is 11.9 Å². The van der Waals surface area contributed by atoms with Gasteiger partial charge < -0.3 is 19.5 Å². The van der Waals surface area contributed by atoms with E-state index in [0.29, 0.717) is 31.6 Å². The first kappa shape index (κ1) is 15.7. The van der Waals surface area contributed by atoms with Crippen LogP contribution in [0, 0.1) is 5.82 Å². The predicted molar refractivity (Wildman–Crippen MR) is 77.7 cm³/mol. The molecule has 2 aliphatic heterocycles. The second-order valence-electron chi connectivity index (χ2n) is 5.74. The zero-order chi connectivity index (χ0) is 16.4. The zero-order valence-electron chi connectivity index (χ0n) is 12.5. The van der Waals surface area contributed by atoms with Crippen LogP contribution in [0.4, 0.5) is 4.39 Å². The van der Waals surface area contributed by atoms with Crippen molar-refractivity contribution in [2.75, 3.05) is 19.8 Å². The Morgan fingerprint density at radius 1 is 1.30 bits per heavy atom. The molecule has 0 saturated carbocycles. The van der Waals surface area contributed by atoms with Crippen LogP contribution < -0.4 is 4.74 Å². The minimum Gasteiger partial charge on any atom is -0.480 e. The Labute approximate surface area is 132 Å². The molecule has 1 aromatic rings. The first-order chi connectivity index (χ1) is 11.1. The van der Waals surface area contributed by atoms with Gasteiger partial charge in [0, 0.05) is 31.2 Å². The Morgan fingerprint density at radius 3 is 2.70 bits per heavy atom. The quantitative estimate of drug-likeness (QED) is 0.902. The molecule has 0 unspecified atom stereocenters. The van der Waals surface area contributed by atoms with Crippen LogP contribution in [0.2, 0.25) is 0 Å². The maximum absolute atomic E-state index is 13.7. The average molecular weight is 323 g/mol. The fourth-order valence-corrected chi connectivity index (χ4v) is 3.08. The summed E-state index contributed by atoms with van der Waals surface area (Å²) >= 11 is 0. The number of carbonyl (C=O) groups is 2. The molecule has 1 N–H and O–H groups in total. The Balaban J connectivity index is 1.76. The number of fused-ring (bicyclic) bond motifs is 1. The minimum atomic E-state index is -1.08. The van der Waals surface area contributed by atoms with Gasteiger partial charge in [-0.2, -0.15) is 0 Å². The van der Waals surface area contributed by atoms with Crippen LogP contribution in [-0.2, 0) is 20.7 Å². The standard InChI is InChI=1S/C16H18FNO5/c17-12-3-1-2-10-8-13(23-15(10)12)16(21)18(9-14(19)20)11-4-6-22-7-5-11/h1-3,11,13H,4-9H2,(H,19,20)/t13-/m0/s1. The number of hydrogen-bond acceptors (Lipinski definition) is 4. The summed E-state index contributed by atoms with van der Waals surface area (Å²) in [5.74, 6) is -1.90. The van der Waals surface area contributed by atoms with E-state index in [1.54, 1.807) is 12.1 Å². The van der Waals surface area contributed by atoms with Crippen molar-refractivity contribution in [3.8, 4) is 5.75 Å². The van der Waals surface area contributed by atoms with Gasteiger partial charge in [-0.15, -0.1) is 0 Å². The van der Waals surface area contributed by atoms with E-state index in [9.17, 15) is 14.0 Å². The lowest BCUT2D eigenvalue weighted by atomic mass is 10.0. The highest BCUT2D eigenvalue weighted by Crippen LogP contribution is 2.32. The Bertz CT molecular complexity index is 614. The molecule has 23 heavy (non-hydrogen) atoms. The highest BCUT2D eigenvalue weighted by molar-refractivity contribution is 5.86. The lowest BCUT2D eigenvalue weighted by Crippen LogP contribution is -2.50. The van der Waals surface area contributed by atoms with Gasteiger partial charge in [-0.05, 0) is 18.9 Å². The number of para-hydroxylation sites is 1. The molecule has 1 fully saturated rings. The molecule has 3 rings (SSSR count). The molecule has 1 amide bonds. The maximum Gasteiger partial charge on any atom is 0.323 e.